The highest BCUT2D eigenvalue weighted by atomic mass is 15.2. The molecular weight excluding hydrogens is 348 g/mol. The molecule has 0 bridgehead atoms. The number of aryl methyl sites for hydroxylation is 1. The molecule has 2 aromatic heterocycles. The number of nitrogens with one attached hydrogen (secondary N) is 2. The van der Waals surface area contributed by atoms with E-state index < -0.39 is 0 Å². The second-order valence-corrected chi connectivity index (χ2v) is 7.61. The number of pyridine rings is 1. The number of fused-ring (bicyclic) bond motifs is 1. The van der Waals surface area contributed by atoms with Crippen molar-refractivity contribution in [3.8, 4) is 0 Å². The van der Waals surface area contributed by atoms with Gasteiger partial charge in [-0.15, -0.1) is 0 Å². The van der Waals surface area contributed by atoms with Crippen molar-refractivity contribution in [1.29, 1.82) is 0 Å². The first-order valence-corrected chi connectivity index (χ1v) is 9.89. The molecule has 0 fully saturated rings. The van der Waals surface area contributed by atoms with E-state index in [1.165, 1.54) is 0 Å². The minimum absolute atomic E-state index is 0.522. The van der Waals surface area contributed by atoms with Crippen LogP contribution >= 0.6 is 0 Å². The van der Waals surface area contributed by atoms with Gasteiger partial charge in [-0.1, -0.05) is 6.07 Å². The maximum absolute atomic E-state index is 4.63. The molecule has 0 spiro atoms. The number of anilines is 3. The van der Waals surface area contributed by atoms with Crippen molar-refractivity contribution >= 4 is 28.4 Å². The molecule has 0 atom stereocenters. The Hall–Kier alpha value is -2.73. The van der Waals surface area contributed by atoms with Crippen LogP contribution in [0.4, 0.5) is 17.5 Å². The highest BCUT2D eigenvalue weighted by Gasteiger charge is 2.12. The van der Waals surface area contributed by atoms with Gasteiger partial charge >= 0.3 is 0 Å². The van der Waals surface area contributed by atoms with Crippen molar-refractivity contribution in [3.63, 3.8) is 0 Å². The standard InChI is InChI=1S/C22H30N6/c1-15(2)28(16(3)4)12-11-24-21-13-17(5)25-22(27-21)26-19-8-9-20-18(14-19)7-6-10-23-20/h6-10,13-16H,11-12H2,1-5H3,(H2,24,25,26,27). The summed E-state index contributed by atoms with van der Waals surface area (Å²) in [5, 5.41) is 7.84. The van der Waals surface area contributed by atoms with Crippen LogP contribution in [0, 0.1) is 6.92 Å². The molecule has 28 heavy (non-hydrogen) atoms. The SMILES string of the molecule is Cc1cc(NCCN(C(C)C)C(C)C)nc(Nc2ccc3ncccc3c2)n1. The van der Waals surface area contributed by atoms with E-state index in [0.29, 0.717) is 18.0 Å². The Morgan fingerprint density at radius 3 is 2.54 bits per heavy atom. The van der Waals surface area contributed by atoms with E-state index in [-0.39, 0.29) is 0 Å². The fourth-order valence-corrected chi connectivity index (χ4v) is 3.42. The fourth-order valence-electron chi connectivity index (χ4n) is 3.42. The molecule has 0 radical (unpaired) electrons. The van der Waals surface area contributed by atoms with E-state index in [0.717, 1.165) is 41.2 Å². The Morgan fingerprint density at radius 1 is 1.00 bits per heavy atom. The molecule has 1 aromatic carbocycles. The third-order valence-corrected chi connectivity index (χ3v) is 4.72. The summed E-state index contributed by atoms with van der Waals surface area (Å²) in [5.74, 6) is 1.43. The smallest absolute Gasteiger partial charge is 0.229 e. The first kappa shape index (κ1) is 20.0. The van der Waals surface area contributed by atoms with Crippen LogP contribution in [-0.2, 0) is 0 Å². The van der Waals surface area contributed by atoms with Gasteiger partial charge in [-0.2, -0.15) is 4.98 Å². The molecule has 0 amide bonds. The van der Waals surface area contributed by atoms with E-state index in [4.69, 9.17) is 0 Å². The van der Waals surface area contributed by atoms with Gasteiger partial charge in [-0.25, -0.2) is 4.98 Å². The van der Waals surface area contributed by atoms with Crippen LogP contribution in [0.3, 0.4) is 0 Å². The topological polar surface area (TPSA) is 66.0 Å². The van der Waals surface area contributed by atoms with Gasteiger partial charge in [0.1, 0.15) is 5.82 Å². The predicted molar refractivity (Wildman–Crippen MR) is 117 cm³/mol. The second-order valence-electron chi connectivity index (χ2n) is 7.61. The van der Waals surface area contributed by atoms with E-state index in [9.17, 15) is 0 Å². The molecule has 3 aromatic rings. The summed E-state index contributed by atoms with van der Waals surface area (Å²) in [4.78, 5) is 16.0. The van der Waals surface area contributed by atoms with Crippen molar-refractivity contribution < 1.29 is 0 Å². The third kappa shape index (κ3) is 5.16. The maximum Gasteiger partial charge on any atom is 0.229 e. The number of hydrogen-bond donors (Lipinski definition) is 2. The normalized spacial score (nSPS) is 11.6. The number of aromatic nitrogens is 3. The van der Waals surface area contributed by atoms with Gasteiger partial charge in [0, 0.05) is 54.2 Å². The Morgan fingerprint density at radius 2 is 1.79 bits per heavy atom. The Bertz CT molecular complexity index is 914. The number of rotatable bonds is 8. The van der Waals surface area contributed by atoms with Crippen molar-refractivity contribution in [2.75, 3.05) is 23.7 Å². The molecular formula is C22H30N6. The van der Waals surface area contributed by atoms with Gasteiger partial charge in [0.2, 0.25) is 5.95 Å². The van der Waals surface area contributed by atoms with Gasteiger partial charge in [0.15, 0.2) is 0 Å². The summed E-state index contributed by atoms with van der Waals surface area (Å²) in [6.45, 7) is 12.7. The van der Waals surface area contributed by atoms with Crippen LogP contribution in [0.5, 0.6) is 0 Å². The minimum atomic E-state index is 0.522. The van der Waals surface area contributed by atoms with E-state index in [2.05, 4.69) is 64.2 Å². The quantitative estimate of drug-likeness (QED) is 0.597. The summed E-state index contributed by atoms with van der Waals surface area (Å²) >= 11 is 0. The lowest BCUT2D eigenvalue weighted by atomic mass is 10.2. The van der Waals surface area contributed by atoms with Gasteiger partial charge in [0.05, 0.1) is 5.52 Å². The first-order valence-electron chi connectivity index (χ1n) is 9.89. The first-order chi connectivity index (χ1) is 13.4. The molecule has 6 nitrogen and oxygen atoms in total. The van der Waals surface area contributed by atoms with Gasteiger partial charge in [0.25, 0.3) is 0 Å². The molecule has 0 saturated carbocycles. The fraction of sp³-hybridized carbons (Fsp3) is 0.409. The van der Waals surface area contributed by atoms with Crippen molar-refractivity contribution in [2.45, 2.75) is 46.7 Å². The summed E-state index contributed by atoms with van der Waals surface area (Å²) in [7, 11) is 0. The van der Waals surface area contributed by atoms with Crippen LogP contribution in [0.2, 0.25) is 0 Å². The zero-order valence-corrected chi connectivity index (χ0v) is 17.4. The Kier molecular flexibility index (Phi) is 6.41. The lowest BCUT2D eigenvalue weighted by Crippen LogP contribution is -2.40. The van der Waals surface area contributed by atoms with E-state index in [1.54, 1.807) is 6.20 Å². The third-order valence-electron chi connectivity index (χ3n) is 4.72. The molecule has 0 saturated heterocycles. The zero-order chi connectivity index (χ0) is 20.1. The predicted octanol–water partition coefficient (Wildman–Crippen LogP) is 4.61. The molecule has 148 valence electrons. The molecule has 3 rings (SSSR count). The van der Waals surface area contributed by atoms with Crippen LogP contribution in [0.1, 0.15) is 33.4 Å². The van der Waals surface area contributed by atoms with Crippen LogP contribution in [0.25, 0.3) is 10.9 Å². The van der Waals surface area contributed by atoms with E-state index in [1.807, 2.05) is 37.3 Å². The molecule has 0 aliphatic heterocycles. The molecule has 0 unspecified atom stereocenters. The summed E-state index contributed by atoms with van der Waals surface area (Å²) in [6, 6.07) is 13.1. The van der Waals surface area contributed by atoms with Crippen LogP contribution in [0.15, 0.2) is 42.6 Å². The van der Waals surface area contributed by atoms with Gasteiger partial charge in [-0.3, -0.25) is 9.88 Å². The molecule has 0 aliphatic carbocycles. The van der Waals surface area contributed by atoms with E-state index >= 15 is 0 Å². The Labute approximate surface area is 167 Å². The summed E-state index contributed by atoms with van der Waals surface area (Å²) in [5.41, 5.74) is 2.84. The second kappa shape index (κ2) is 8.97. The summed E-state index contributed by atoms with van der Waals surface area (Å²) in [6.07, 6.45) is 1.80. The highest BCUT2D eigenvalue weighted by molar-refractivity contribution is 5.82. The van der Waals surface area contributed by atoms with Crippen LogP contribution < -0.4 is 10.6 Å². The number of benzene rings is 1. The van der Waals surface area contributed by atoms with Crippen molar-refractivity contribution in [2.24, 2.45) is 0 Å². The average Bonchev–Trinajstić information content (AvgIpc) is 2.64. The lowest BCUT2D eigenvalue weighted by Gasteiger charge is -2.30. The lowest BCUT2D eigenvalue weighted by molar-refractivity contribution is 0.182. The number of nitrogens with zero attached hydrogens (tertiary/aromatic N) is 4. The monoisotopic (exact) mass is 378 g/mol. The zero-order valence-electron chi connectivity index (χ0n) is 17.4. The maximum atomic E-state index is 4.63. The average molecular weight is 379 g/mol. The molecule has 2 heterocycles. The van der Waals surface area contributed by atoms with Crippen molar-refractivity contribution in [3.05, 3.63) is 48.3 Å². The highest BCUT2D eigenvalue weighted by Crippen LogP contribution is 2.20. The number of hydrogen-bond acceptors (Lipinski definition) is 6. The van der Waals surface area contributed by atoms with Gasteiger partial charge in [-0.05, 0) is 58.9 Å². The molecule has 2 N–H and O–H groups in total. The van der Waals surface area contributed by atoms with Crippen molar-refractivity contribution in [1.82, 2.24) is 19.9 Å². The largest absolute Gasteiger partial charge is 0.369 e. The molecule has 0 aliphatic rings. The molecule has 6 heteroatoms. The summed E-state index contributed by atoms with van der Waals surface area (Å²) < 4.78 is 0. The minimum Gasteiger partial charge on any atom is -0.369 e. The Balaban J connectivity index is 1.68. The van der Waals surface area contributed by atoms with Gasteiger partial charge < -0.3 is 10.6 Å². The van der Waals surface area contributed by atoms with Crippen LogP contribution in [-0.4, -0.2) is 45.0 Å².